The van der Waals surface area contributed by atoms with E-state index >= 15 is 0 Å². The molecule has 0 saturated heterocycles. The largest absolute Gasteiger partial charge is 0.490 e. The summed E-state index contributed by atoms with van der Waals surface area (Å²) in [6.45, 7) is 15.7. The predicted molar refractivity (Wildman–Crippen MR) is 145 cm³/mol. The maximum absolute atomic E-state index is 12.8. The van der Waals surface area contributed by atoms with E-state index in [0.29, 0.717) is 16.8 Å². The van der Waals surface area contributed by atoms with Crippen LogP contribution in [0.1, 0.15) is 91.7 Å². The molecule has 2 unspecified atom stereocenters. The standard InChI is InChI=1S/C28H41N3O4S/c1-16(2)17-9-11-21-19(13-17)28(15-36-24(31-28)30-25(33)35-27(6,7)8)20-14-18(10-12-22(20)34-21)29-23(32)26(3,4)5/h9,11,13,16,18,20,22H,10,12,14-15H2,1-8H3,(H,29,32)(H,30,31,33)/t18?,20-,22-,28?/m0/s1. The Hall–Kier alpha value is -2.22. The number of ether oxygens (including phenoxy) is 2. The monoisotopic (exact) mass is 515 g/mol. The van der Waals surface area contributed by atoms with Crippen molar-refractivity contribution in [3.05, 3.63) is 29.3 Å². The number of hydrogen-bond donors (Lipinski definition) is 2. The number of amides is 2. The fraction of sp³-hybridized carbons (Fsp3) is 0.679. The molecule has 1 aromatic carbocycles. The zero-order valence-electron chi connectivity index (χ0n) is 22.9. The molecule has 0 bridgehead atoms. The van der Waals surface area contributed by atoms with Crippen molar-refractivity contribution in [3.8, 4) is 5.75 Å². The van der Waals surface area contributed by atoms with Crippen molar-refractivity contribution in [2.75, 3.05) is 5.75 Å². The smallest absolute Gasteiger partial charge is 0.413 e. The topological polar surface area (TPSA) is 89.0 Å². The fourth-order valence-corrected chi connectivity index (χ4v) is 6.41. The third-order valence-electron chi connectivity index (χ3n) is 7.17. The number of nitrogens with one attached hydrogen (secondary N) is 2. The molecular weight excluding hydrogens is 474 g/mol. The van der Waals surface area contributed by atoms with Crippen molar-refractivity contribution in [3.63, 3.8) is 0 Å². The first-order valence-corrected chi connectivity index (χ1v) is 14.0. The lowest BCUT2D eigenvalue weighted by molar-refractivity contribution is -0.130. The molecule has 2 heterocycles. The summed E-state index contributed by atoms with van der Waals surface area (Å²) in [5, 5.41) is 6.73. The summed E-state index contributed by atoms with van der Waals surface area (Å²) in [5.41, 5.74) is 0.741. The molecule has 36 heavy (non-hydrogen) atoms. The first-order valence-electron chi connectivity index (χ1n) is 13.0. The Morgan fingerprint density at radius 3 is 2.53 bits per heavy atom. The predicted octanol–water partition coefficient (Wildman–Crippen LogP) is 5.72. The van der Waals surface area contributed by atoms with Crippen molar-refractivity contribution in [1.82, 2.24) is 10.6 Å². The Balaban J connectivity index is 1.69. The number of nitrogens with zero attached hydrogens (tertiary/aromatic N) is 1. The van der Waals surface area contributed by atoms with Crippen molar-refractivity contribution >= 4 is 28.9 Å². The molecule has 1 aromatic rings. The van der Waals surface area contributed by atoms with Crippen molar-refractivity contribution < 1.29 is 19.1 Å². The summed E-state index contributed by atoms with van der Waals surface area (Å²) in [4.78, 5) is 30.5. The number of thioether (sulfide) groups is 1. The van der Waals surface area contributed by atoms with E-state index in [1.807, 2.05) is 41.5 Å². The average Bonchev–Trinajstić information content (AvgIpc) is 3.16. The molecule has 3 aliphatic rings. The molecule has 198 valence electrons. The van der Waals surface area contributed by atoms with Gasteiger partial charge in [0.05, 0.1) is 0 Å². The van der Waals surface area contributed by atoms with Gasteiger partial charge in [0.25, 0.3) is 0 Å². The van der Waals surface area contributed by atoms with E-state index in [1.165, 1.54) is 5.56 Å². The molecule has 2 aliphatic heterocycles. The lowest BCUT2D eigenvalue weighted by Gasteiger charge is -2.49. The van der Waals surface area contributed by atoms with Crippen LogP contribution in [0.3, 0.4) is 0 Å². The first kappa shape index (κ1) is 26.8. The Kier molecular flexibility index (Phi) is 7.14. The summed E-state index contributed by atoms with van der Waals surface area (Å²) in [6, 6.07) is 6.51. The van der Waals surface area contributed by atoms with Gasteiger partial charge in [0.15, 0.2) is 5.17 Å². The van der Waals surface area contributed by atoms with Crippen LogP contribution in [0.15, 0.2) is 23.2 Å². The average molecular weight is 516 g/mol. The summed E-state index contributed by atoms with van der Waals surface area (Å²) >= 11 is 1.55. The quantitative estimate of drug-likeness (QED) is 0.525. The highest BCUT2D eigenvalue weighted by Gasteiger charge is 2.55. The summed E-state index contributed by atoms with van der Waals surface area (Å²) < 4.78 is 12.0. The number of alkyl carbamates (subject to hydrolysis) is 1. The molecule has 1 aliphatic carbocycles. The maximum Gasteiger partial charge on any atom is 0.413 e. The zero-order valence-corrected chi connectivity index (χ0v) is 23.7. The van der Waals surface area contributed by atoms with Gasteiger partial charge in [0.2, 0.25) is 5.91 Å². The van der Waals surface area contributed by atoms with Crippen molar-refractivity contribution in [1.29, 1.82) is 0 Å². The van der Waals surface area contributed by atoms with E-state index in [2.05, 4.69) is 42.7 Å². The Morgan fingerprint density at radius 1 is 1.17 bits per heavy atom. The van der Waals surface area contributed by atoms with Gasteiger partial charge in [-0.2, -0.15) is 0 Å². The first-order chi connectivity index (χ1) is 16.7. The number of fused-ring (bicyclic) bond motifs is 4. The van der Waals surface area contributed by atoms with E-state index < -0.39 is 22.6 Å². The Labute approximate surface area is 219 Å². The van der Waals surface area contributed by atoms with E-state index in [1.54, 1.807) is 11.8 Å². The van der Waals surface area contributed by atoms with Crippen LogP contribution in [-0.2, 0) is 15.1 Å². The van der Waals surface area contributed by atoms with Gasteiger partial charge in [-0.15, -0.1) is 0 Å². The molecule has 0 aromatic heterocycles. The third kappa shape index (κ3) is 5.53. The molecule has 0 radical (unpaired) electrons. The van der Waals surface area contributed by atoms with E-state index in [9.17, 15) is 9.59 Å². The van der Waals surface area contributed by atoms with Gasteiger partial charge in [0.1, 0.15) is 23.0 Å². The minimum absolute atomic E-state index is 0.00964. The van der Waals surface area contributed by atoms with Gasteiger partial charge in [-0.3, -0.25) is 10.1 Å². The second-order valence-corrected chi connectivity index (χ2v) is 13.6. The number of hydrogen-bond acceptors (Lipinski definition) is 6. The third-order valence-corrected chi connectivity index (χ3v) is 8.22. The van der Waals surface area contributed by atoms with E-state index in [0.717, 1.165) is 30.6 Å². The van der Waals surface area contributed by atoms with Gasteiger partial charge in [-0.1, -0.05) is 52.4 Å². The molecule has 4 atom stereocenters. The van der Waals surface area contributed by atoms with Crippen LogP contribution in [0.25, 0.3) is 0 Å². The summed E-state index contributed by atoms with van der Waals surface area (Å²) in [6.07, 6.45) is 2.02. The number of amidine groups is 1. The fourth-order valence-electron chi connectivity index (χ4n) is 5.24. The van der Waals surface area contributed by atoms with Gasteiger partial charge in [0, 0.05) is 28.7 Å². The van der Waals surface area contributed by atoms with E-state index in [-0.39, 0.29) is 24.0 Å². The second kappa shape index (κ2) is 9.58. The highest BCUT2D eigenvalue weighted by atomic mass is 32.2. The van der Waals surface area contributed by atoms with Gasteiger partial charge >= 0.3 is 6.09 Å². The van der Waals surface area contributed by atoms with Crippen LogP contribution in [-0.4, -0.2) is 40.7 Å². The second-order valence-electron chi connectivity index (χ2n) is 12.7. The molecular formula is C28H41N3O4S. The molecule has 2 amide bonds. The van der Waals surface area contributed by atoms with Crippen LogP contribution in [0.5, 0.6) is 5.75 Å². The summed E-state index contributed by atoms with van der Waals surface area (Å²) in [5.74, 6) is 2.10. The minimum Gasteiger partial charge on any atom is -0.490 e. The van der Waals surface area contributed by atoms with Crippen LogP contribution in [0, 0.1) is 11.3 Å². The van der Waals surface area contributed by atoms with Crippen molar-refractivity contribution in [2.24, 2.45) is 16.3 Å². The van der Waals surface area contributed by atoms with Crippen LogP contribution >= 0.6 is 11.8 Å². The number of rotatable bonds is 2. The number of aliphatic imine (C=N–C) groups is 1. The minimum atomic E-state index is -0.587. The number of carbonyl (C=O) groups excluding carboxylic acids is 2. The van der Waals surface area contributed by atoms with Crippen LogP contribution in [0.4, 0.5) is 4.79 Å². The van der Waals surface area contributed by atoms with Crippen LogP contribution < -0.4 is 15.4 Å². The molecule has 8 heteroatoms. The SMILES string of the molecule is CC(C)c1ccc2c(c1)C1(CSC(NC(=O)OC(C)(C)C)=N1)[C@H]1CC(NC(=O)C(C)(C)C)CC[C@@H]1O2. The van der Waals surface area contributed by atoms with Crippen molar-refractivity contribution in [2.45, 2.75) is 104 Å². The lowest BCUT2D eigenvalue weighted by Crippen LogP contribution is -2.55. The summed E-state index contributed by atoms with van der Waals surface area (Å²) in [7, 11) is 0. The molecule has 1 spiro atoms. The molecule has 7 nitrogen and oxygen atoms in total. The van der Waals surface area contributed by atoms with Gasteiger partial charge in [-0.05, 0) is 63.6 Å². The Bertz CT molecular complexity index is 1060. The highest BCUT2D eigenvalue weighted by Crippen LogP contribution is 2.55. The van der Waals surface area contributed by atoms with E-state index in [4.69, 9.17) is 14.5 Å². The maximum atomic E-state index is 12.8. The molecule has 4 rings (SSSR count). The molecule has 1 fully saturated rings. The number of carbonyl (C=O) groups is 2. The van der Waals surface area contributed by atoms with Gasteiger partial charge in [-0.25, -0.2) is 9.79 Å². The van der Waals surface area contributed by atoms with Crippen LogP contribution in [0.2, 0.25) is 0 Å². The number of benzene rings is 1. The lowest BCUT2D eigenvalue weighted by atomic mass is 9.67. The molecule has 1 saturated carbocycles. The Morgan fingerprint density at radius 2 is 1.89 bits per heavy atom. The van der Waals surface area contributed by atoms with Gasteiger partial charge < -0.3 is 14.8 Å². The molecule has 2 N–H and O–H groups in total. The highest BCUT2D eigenvalue weighted by molar-refractivity contribution is 8.14. The normalized spacial score (nSPS) is 27.6. The zero-order chi connectivity index (χ0) is 26.5.